The average Bonchev–Trinajstić information content (AvgIpc) is 3.56. The molecular weight excluding hydrogens is 838 g/mol. The Morgan fingerprint density at radius 3 is 1.92 bits per heavy atom. The lowest BCUT2D eigenvalue weighted by atomic mass is 9.79. The van der Waals surface area contributed by atoms with E-state index in [1.165, 1.54) is 11.5 Å². The number of rotatable bonds is 20. The first-order chi connectivity index (χ1) is 29.9. The van der Waals surface area contributed by atoms with E-state index in [1.54, 1.807) is 26.5 Å². The summed E-state index contributed by atoms with van der Waals surface area (Å²) in [5.41, 5.74) is 0.439. The zero-order valence-electron chi connectivity index (χ0n) is 38.7. The zero-order chi connectivity index (χ0) is 46.1. The molecule has 5 atom stereocenters. The standard InChI is InChI=1S/C47H64N5O9PSi/c1-32(2)52(33(3)4)62(57-30-16-28-48)58-31-40-42(43(61-63(11,12)46(6,7)8)44(59-40)51-29-27-41(49-34(5)53)50-45(51)54)60-47(35-17-14-13-15-18-35,36-19-23-38(55-9)24-20-36)37-21-25-39(56-10)26-22-37/h13-15,17-27,29,32-33,40,42-44H,16,30-31H2,1-12H3,(H,49,50,53,54)/t40-,42-,43-,44-,62?/m1/s1. The predicted octanol–water partition coefficient (Wildman–Crippen LogP) is 9.18. The van der Waals surface area contributed by atoms with E-state index in [1.807, 2.05) is 78.9 Å². The highest BCUT2D eigenvalue weighted by Crippen LogP contribution is 2.51. The van der Waals surface area contributed by atoms with Gasteiger partial charge in [-0.15, -0.1) is 0 Å². The molecule has 1 aliphatic heterocycles. The molecule has 5 rings (SSSR count). The summed E-state index contributed by atoms with van der Waals surface area (Å²) >= 11 is 0. The maximum absolute atomic E-state index is 14.1. The first kappa shape index (κ1) is 49.5. The third-order valence-corrected chi connectivity index (χ3v) is 18.0. The van der Waals surface area contributed by atoms with E-state index < -0.39 is 52.7 Å². The van der Waals surface area contributed by atoms with Crippen molar-refractivity contribution in [3.8, 4) is 17.6 Å². The van der Waals surface area contributed by atoms with Crippen molar-refractivity contribution in [3.05, 3.63) is 118 Å². The quantitative estimate of drug-likeness (QED) is 0.0389. The largest absolute Gasteiger partial charge is 0.497 e. The van der Waals surface area contributed by atoms with Crippen LogP contribution in [0.4, 0.5) is 5.82 Å². The third kappa shape index (κ3) is 11.6. The lowest BCUT2D eigenvalue weighted by molar-refractivity contribution is -0.114. The van der Waals surface area contributed by atoms with Gasteiger partial charge >= 0.3 is 5.69 Å². The minimum atomic E-state index is -2.70. The van der Waals surface area contributed by atoms with Crippen LogP contribution in [-0.4, -0.2) is 86.3 Å². The Hall–Kier alpha value is -4.49. The smallest absolute Gasteiger partial charge is 0.351 e. The Labute approximate surface area is 374 Å². The van der Waals surface area contributed by atoms with Gasteiger partial charge in [-0.1, -0.05) is 75.4 Å². The number of anilines is 1. The van der Waals surface area contributed by atoms with Crippen molar-refractivity contribution in [2.75, 3.05) is 32.8 Å². The number of nitriles is 1. The average molecular weight is 902 g/mol. The van der Waals surface area contributed by atoms with Crippen LogP contribution in [0.2, 0.25) is 18.1 Å². The molecule has 16 heteroatoms. The van der Waals surface area contributed by atoms with Gasteiger partial charge in [0.25, 0.3) is 8.53 Å². The van der Waals surface area contributed by atoms with Crippen LogP contribution in [-0.2, 0) is 33.3 Å². The van der Waals surface area contributed by atoms with Crippen LogP contribution in [0.1, 0.15) is 84.7 Å². The van der Waals surface area contributed by atoms with E-state index in [0.717, 1.165) is 16.7 Å². The van der Waals surface area contributed by atoms with Gasteiger partial charge in [0.2, 0.25) is 5.91 Å². The molecule has 1 aromatic heterocycles. The van der Waals surface area contributed by atoms with Gasteiger partial charge in [-0.25, -0.2) is 9.46 Å². The predicted molar refractivity (Wildman–Crippen MR) is 247 cm³/mol. The van der Waals surface area contributed by atoms with Crippen LogP contribution >= 0.6 is 8.53 Å². The van der Waals surface area contributed by atoms with Gasteiger partial charge in [0.15, 0.2) is 14.5 Å². The summed E-state index contributed by atoms with van der Waals surface area (Å²) in [4.78, 5) is 30.3. The Bertz CT molecular complexity index is 2140. The molecule has 1 fully saturated rings. The molecule has 0 radical (unpaired) electrons. The van der Waals surface area contributed by atoms with Crippen molar-refractivity contribution in [1.82, 2.24) is 14.2 Å². The molecule has 0 spiro atoms. The molecule has 0 bridgehead atoms. The van der Waals surface area contributed by atoms with Crippen LogP contribution in [0.3, 0.4) is 0 Å². The van der Waals surface area contributed by atoms with E-state index in [4.69, 9.17) is 32.4 Å². The summed E-state index contributed by atoms with van der Waals surface area (Å²) in [6, 6.07) is 29.3. The van der Waals surface area contributed by atoms with Crippen LogP contribution in [0.25, 0.3) is 0 Å². The van der Waals surface area contributed by atoms with Gasteiger partial charge < -0.3 is 37.7 Å². The second-order valence-corrected chi connectivity index (χ2v) is 23.7. The number of hydrogen-bond donors (Lipinski definition) is 1. The molecule has 1 unspecified atom stereocenters. The highest BCUT2D eigenvalue weighted by Gasteiger charge is 2.55. The first-order valence-electron chi connectivity index (χ1n) is 21.3. The maximum atomic E-state index is 14.1. The van der Waals surface area contributed by atoms with Crippen LogP contribution in [0.5, 0.6) is 11.5 Å². The molecule has 0 aliphatic carbocycles. The third-order valence-electron chi connectivity index (χ3n) is 11.4. The van der Waals surface area contributed by atoms with E-state index in [2.05, 4.69) is 82.6 Å². The molecule has 1 aliphatic rings. The van der Waals surface area contributed by atoms with Gasteiger partial charge in [0.05, 0.1) is 39.9 Å². The zero-order valence-corrected chi connectivity index (χ0v) is 40.6. The number of benzene rings is 3. The number of nitrogens with one attached hydrogen (secondary N) is 1. The Balaban J connectivity index is 1.79. The van der Waals surface area contributed by atoms with Crippen molar-refractivity contribution in [3.63, 3.8) is 0 Å². The molecule has 2 heterocycles. The molecule has 1 saturated heterocycles. The van der Waals surface area contributed by atoms with Crippen molar-refractivity contribution in [1.29, 1.82) is 5.26 Å². The summed E-state index contributed by atoms with van der Waals surface area (Å²) in [7, 11) is -1.16. The van der Waals surface area contributed by atoms with Crippen molar-refractivity contribution >= 4 is 28.6 Å². The molecule has 340 valence electrons. The molecule has 4 aromatic rings. The number of carbonyl (C=O) groups excluding carboxylic acids is 1. The number of nitrogens with zero attached hydrogens (tertiary/aromatic N) is 4. The summed E-state index contributed by atoms with van der Waals surface area (Å²) < 4.78 is 50.3. The Morgan fingerprint density at radius 2 is 1.44 bits per heavy atom. The number of methoxy groups -OCH3 is 2. The summed E-state index contributed by atoms with van der Waals surface area (Å²) in [5.74, 6) is 1.09. The monoisotopic (exact) mass is 901 g/mol. The van der Waals surface area contributed by atoms with Crippen LogP contribution < -0.4 is 20.5 Å². The summed E-state index contributed by atoms with van der Waals surface area (Å²) in [6.07, 6.45) is -1.99. The van der Waals surface area contributed by atoms with Crippen molar-refractivity contribution in [2.45, 2.75) is 122 Å². The number of ether oxygens (including phenoxy) is 4. The second kappa shape index (κ2) is 21.5. The molecule has 14 nitrogen and oxygen atoms in total. The fourth-order valence-electron chi connectivity index (χ4n) is 7.39. The van der Waals surface area contributed by atoms with Gasteiger partial charge in [0.1, 0.15) is 41.2 Å². The SMILES string of the molecule is COc1ccc(C(O[C@H]2[C@@H](O[Si](C)(C)C(C)(C)C)[C@H](n3ccc(NC(C)=O)nc3=O)O[C@@H]2COP(OCCC#N)N(C(C)C)C(C)C)(c2ccccc2)c2ccc(OC)cc2)cc1. The molecule has 1 amide bonds. The van der Waals surface area contributed by atoms with Crippen molar-refractivity contribution in [2.24, 2.45) is 0 Å². The molecule has 0 saturated carbocycles. The lowest BCUT2D eigenvalue weighted by Crippen LogP contribution is -2.52. The van der Waals surface area contributed by atoms with Crippen molar-refractivity contribution < 1.29 is 37.2 Å². The summed E-state index contributed by atoms with van der Waals surface area (Å²) in [5, 5.41) is 11.8. The number of aromatic nitrogens is 2. The summed E-state index contributed by atoms with van der Waals surface area (Å²) in [6.45, 7) is 20.5. The van der Waals surface area contributed by atoms with Gasteiger partial charge in [0, 0.05) is 25.2 Å². The topological polar surface area (TPSA) is 156 Å². The minimum absolute atomic E-state index is 0.0328. The number of carbonyl (C=O) groups is 1. The van der Waals surface area contributed by atoms with Crippen LogP contribution in [0, 0.1) is 11.3 Å². The minimum Gasteiger partial charge on any atom is -0.497 e. The fourth-order valence-corrected chi connectivity index (χ4v) is 10.3. The second-order valence-electron chi connectivity index (χ2n) is 17.5. The number of amides is 1. The van der Waals surface area contributed by atoms with E-state index in [0.29, 0.717) is 11.5 Å². The van der Waals surface area contributed by atoms with Crippen LogP contribution in [0.15, 0.2) is 95.9 Å². The van der Waals surface area contributed by atoms with Gasteiger partial charge in [-0.3, -0.25) is 9.36 Å². The first-order valence-corrected chi connectivity index (χ1v) is 25.3. The number of hydrogen-bond acceptors (Lipinski definition) is 12. The molecular formula is C47H64N5O9PSi. The normalized spacial score (nSPS) is 18.7. The maximum Gasteiger partial charge on any atom is 0.351 e. The van der Waals surface area contributed by atoms with E-state index >= 15 is 0 Å². The van der Waals surface area contributed by atoms with Gasteiger partial charge in [-0.2, -0.15) is 10.2 Å². The molecule has 3 aromatic carbocycles. The fraction of sp³-hybridized carbons (Fsp3) is 0.489. The van der Waals surface area contributed by atoms with Gasteiger partial charge in [-0.05, 0) is 92.8 Å². The van der Waals surface area contributed by atoms with E-state index in [-0.39, 0.29) is 48.5 Å². The van der Waals surface area contributed by atoms with E-state index in [9.17, 15) is 14.9 Å². The molecule has 1 N–H and O–H groups in total. The highest BCUT2D eigenvalue weighted by atomic mass is 31.2. The Morgan fingerprint density at radius 1 is 0.889 bits per heavy atom. The lowest BCUT2D eigenvalue weighted by Gasteiger charge is -2.44. The molecule has 63 heavy (non-hydrogen) atoms. The Kier molecular flexibility index (Phi) is 16.9. The highest BCUT2D eigenvalue weighted by molar-refractivity contribution is 7.44.